The fourth-order valence-corrected chi connectivity index (χ4v) is 3.65. The van der Waals surface area contributed by atoms with Gasteiger partial charge in [-0.2, -0.15) is 4.98 Å². The van der Waals surface area contributed by atoms with E-state index in [1.165, 1.54) is 4.90 Å². The number of nitrogens with one attached hydrogen (secondary N) is 1. The lowest BCUT2D eigenvalue weighted by Crippen LogP contribution is -2.48. The van der Waals surface area contributed by atoms with Crippen molar-refractivity contribution >= 4 is 11.9 Å². The summed E-state index contributed by atoms with van der Waals surface area (Å²) in [5.74, 6) is 0.655. The number of nitrogens with zero attached hydrogens (tertiary/aromatic N) is 3. The van der Waals surface area contributed by atoms with Crippen molar-refractivity contribution < 1.29 is 14.1 Å². The Morgan fingerprint density at radius 1 is 1.12 bits per heavy atom. The first-order valence-electron chi connectivity index (χ1n) is 8.66. The smallest absolute Gasteiger partial charge is 0.325 e. The third-order valence-electron chi connectivity index (χ3n) is 4.96. The summed E-state index contributed by atoms with van der Waals surface area (Å²) in [6, 6.07) is 9.46. The number of urea groups is 1. The first-order chi connectivity index (χ1) is 12.2. The zero-order chi connectivity index (χ0) is 17.3. The van der Waals surface area contributed by atoms with Gasteiger partial charge in [0.1, 0.15) is 12.1 Å². The lowest BCUT2D eigenvalue weighted by molar-refractivity contribution is -0.133. The number of rotatable bonds is 4. The monoisotopic (exact) mass is 340 g/mol. The van der Waals surface area contributed by atoms with Crippen LogP contribution in [0.1, 0.15) is 49.4 Å². The van der Waals surface area contributed by atoms with Crippen molar-refractivity contribution in [3.63, 3.8) is 0 Å². The van der Waals surface area contributed by atoms with E-state index in [-0.39, 0.29) is 24.4 Å². The maximum absolute atomic E-state index is 12.7. The van der Waals surface area contributed by atoms with E-state index in [0.29, 0.717) is 25.1 Å². The molecule has 1 saturated carbocycles. The molecule has 2 aromatic rings. The Bertz CT molecular complexity index is 781. The minimum atomic E-state index is -0.720. The van der Waals surface area contributed by atoms with Crippen LogP contribution < -0.4 is 5.32 Å². The van der Waals surface area contributed by atoms with E-state index in [9.17, 15) is 9.59 Å². The average Bonchev–Trinajstić information content (AvgIpc) is 3.15. The number of hydrogen-bond donors (Lipinski definition) is 1. The molecule has 2 aliphatic rings. The predicted octanol–water partition coefficient (Wildman–Crippen LogP) is 2.42. The molecule has 7 nitrogen and oxygen atoms in total. The van der Waals surface area contributed by atoms with Gasteiger partial charge in [-0.3, -0.25) is 9.69 Å². The quantitative estimate of drug-likeness (QED) is 0.864. The molecule has 1 aromatic carbocycles. The van der Waals surface area contributed by atoms with Crippen LogP contribution in [0.3, 0.4) is 0 Å². The van der Waals surface area contributed by atoms with Crippen molar-refractivity contribution in [1.29, 1.82) is 0 Å². The molecule has 2 fully saturated rings. The Balaban J connectivity index is 1.45. The molecule has 0 bridgehead atoms. The van der Waals surface area contributed by atoms with E-state index < -0.39 is 5.54 Å². The SMILES string of the molecule is O=C1NC2(CCCCC2)C(=O)N1Cc1nc(Cc2ccccc2)no1. The van der Waals surface area contributed by atoms with E-state index in [4.69, 9.17) is 4.52 Å². The number of benzene rings is 1. The third-order valence-corrected chi connectivity index (χ3v) is 4.96. The number of carbonyl (C=O) groups excluding carboxylic acids is 2. The van der Waals surface area contributed by atoms with Gasteiger partial charge in [-0.1, -0.05) is 54.8 Å². The van der Waals surface area contributed by atoms with Crippen molar-refractivity contribution in [2.75, 3.05) is 0 Å². The van der Waals surface area contributed by atoms with Crippen LogP contribution in [-0.2, 0) is 17.8 Å². The molecule has 0 radical (unpaired) electrons. The van der Waals surface area contributed by atoms with Gasteiger partial charge in [0, 0.05) is 6.42 Å². The maximum Gasteiger partial charge on any atom is 0.325 e. The molecule has 1 N–H and O–H groups in total. The molecule has 1 aliphatic heterocycles. The number of amides is 3. The summed E-state index contributed by atoms with van der Waals surface area (Å²) in [5.41, 5.74) is 0.355. The minimum absolute atomic E-state index is 0.0220. The number of carbonyl (C=O) groups is 2. The summed E-state index contributed by atoms with van der Waals surface area (Å²) in [6.45, 7) is 0.0220. The number of imide groups is 1. The third kappa shape index (κ3) is 3.01. The Morgan fingerprint density at radius 2 is 1.88 bits per heavy atom. The van der Waals surface area contributed by atoms with Crippen LogP contribution in [0, 0.1) is 0 Å². The molecule has 130 valence electrons. The fourth-order valence-electron chi connectivity index (χ4n) is 3.65. The van der Waals surface area contributed by atoms with Gasteiger partial charge in [0.05, 0.1) is 0 Å². The first kappa shape index (κ1) is 15.8. The van der Waals surface area contributed by atoms with Crippen molar-refractivity contribution in [3.05, 3.63) is 47.6 Å². The van der Waals surface area contributed by atoms with Gasteiger partial charge >= 0.3 is 6.03 Å². The van der Waals surface area contributed by atoms with E-state index in [1.54, 1.807) is 0 Å². The van der Waals surface area contributed by atoms with Gasteiger partial charge in [0.25, 0.3) is 5.91 Å². The van der Waals surface area contributed by atoms with Crippen molar-refractivity contribution in [2.24, 2.45) is 0 Å². The minimum Gasteiger partial charge on any atom is -0.337 e. The van der Waals surface area contributed by atoms with Crippen molar-refractivity contribution in [1.82, 2.24) is 20.4 Å². The van der Waals surface area contributed by atoms with Gasteiger partial charge in [-0.25, -0.2) is 4.79 Å². The summed E-state index contributed by atoms with van der Waals surface area (Å²) in [4.78, 5) is 30.5. The highest BCUT2D eigenvalue weighted by atomic mass is 16.5. The number of aromatic nitrogens is 2. The van der Waals surface area contributed by atoms with Crippen LogP contribution in [0.15, 0.2) is 34.9 Å². The van der Waals surface area contributed by atoms with Crippen LogP contribution in [-0.4, -0.2) is 32.5 Å². The van der Waals surface area contributed by atoms with Crippen molar-refractivity contribution in [2.45, 2.75) is 50.6 Å². The summed E-state index contributed by atoms with van der Waals surface area (Å²) >= 11 is 0. The van der Waals surface area contributed by atoms with E-state index >= 15 is 0 Å². The number of hydrogen-bond acceptors (Lipinski definition) is 5. The highest BCUT2D eigenvalue weighted by Gasteiger charge is 2.51. The molecule has 4 rings (SSSR count). The molecule has 0 unspecified atom stereocenters. The lowest BCUT2D eigenvalue weighted by atomic mass is 9.82. The highest BCUT2D eigenvalue weighted by Crippen LogP contribution is 2.34. The van der Waals surface area contributed by atoms with E-state index in [1.807, 2.05) is 30.3 Å². The molecule has 7 heteroatoms. The molecule has 1 aliphatic carbocycles. The summed E-state index contributed by atoms with van der Waals surface area (Å²) < 4.78 is 5.24. The van der Waals surface area contributed by atoms with Crippen LogP contribution in [0.25, 0.3) is 0 Å². The Labute approximate surface area is 145 Å². The fraction of sp³-hybridized carbons (Fsp3) is 0.444. The second kappa shape index (κ2) is 6.31. The molecule has 3 amide bonds. The lowest BCUT2D eigenvalue weighted by Gasteiger charge is -2.30. The van der Waals surface area contributed by atoms with Crippen LogP contribution in [0.2, 0.25) is 0 Å². The first-order valence-corrected chi connectivity index (χ1v) is 8.66. The largest absolute Gasteiger partial charge is 0.337 e. The Kier molecular flexibility index (Phi) is 3.99. The van der Waals surface area contributed by atoms with E-state index in [2.05, 4.69) is 15.5 Å². The molecule has 1 spiro atoms. The second-order valence-electron chi connectivity index (χ2n) is 6.73. The molecule has 25 heavy (non-hydrogen) atoms. The zero-order valence-electron chi connectivity index (χ0n) is 13.9. The van der Waals surface area contributed by atoms with Gasteiger partial charge in [0.2, 0.25) is 5.89 Å². The van der Waals surface area contributed by atoms with Gasteiger partial charge < -0.3 is 9.84 Å². The molecule has 2 heterocycles. The van der Waals surface area contributed by atoms with E-state index in [0.717, 1.165) is 24.8 Å². The maximum atomic E-state index is 12.7. The van der Waals surface area contributed by atoms with Crippen LogP contribution in [0.4, 0.5) is 4.79 Å². The summed E-state index contributed by atoms with van der Waals surface area (Å²) in [7, 11) is 0. The topological polar surface area (TPSA) is 88.3 Å². The Morgan fingerprint density at radius 3 is 2.64 bits per heavy atom. The molecular weight excluding hydrogens is 320 g/mol. The van der Waals surface area contributed by atoms with Crippen molar-refractivity contribution in [3.8, 4) is 0 Å². The normalized spacial score (nSPS) is 19.4. The average molecular weight is 340 g/mol. The predicted molar refractivity (Wildman–Crippen MR) is 88.4 cm³/mol. The molecule has 0 atom stereocenters. The van der Waals surface area contributed by atoms with Gasteiger partial charge in [-0.05, 0) is 18.4 Å². The summed E-state index contributed by atoms with van der Waals surface area (Å²) in [5, 5.41) is 6.84. The van der Waals surface area contributed by atoms with Crippen LogP contribution in [0.5, 0.6) is 0 Å². The summed E-state index contributed by atoms with van der Waals surface area (Å²) in [6.07, 6.45) is 4.99. The second-order valence-corrected chi connectivity index (χ2v) is 6.73. The highest BCUT2D eigenvalue weighted by molar-refractivity contribution is 6.06. The standard InChI is InChI=1S/C18H20N4O3/c23-16-18(9-5-2-6-10-18)20-17(24)22(16)12-15-19-14(21-25-15)11-13-7-3-1-4-8-13/h1,3-4,7-8H,2,5-6,9-12H2,(H,20,24). The van der Waals surface area contributed by atoms with Gasteiger partial charge in [-0.15, -0.1) is 0 Å². The molecule has 1 saturated heterocycles. The zero-order valence-corrected chi connectivity index (χ0v) is 13.9. The molecular formula is C18H20N4O3. The van der Waals surface area contributed by atoms with Crippen LogP contribution >= 0.6 is 0 Å². The van der Waals surface area contributed by atoms with Gasteiger partial charge in [0.15, 0.2) is 5.82 Å². The molecule has 1 aromatic heterocycles. The Hall–Kier alpha value is -2.70.